The Bertz CT molecular complexity index is 644. The summed E-state index contributed by atoms with van der Waals surface area (Å²) in [6, 6.07) is 4.91. The van der Waals surface area contributed by atoms with Crippen LogP contribution in [-0.4, -0.2) is 35.1 Å². The number of nitrogens with zero attached hydrogens (tertiary/aromatic N) is 1. The van der Waals surface area contributed by atoms with Crippen molar-refractivity contribution in [2.24, 2.45) is 0 Å². The fourth-order valence-electron chi connectivity index (χ4n) is 2.26. The molecular formula is C14H19NO4S. The van der Waals surface area contributed by atoms with E-state index in [2.05, 4.69) is 0 Å². The maximum Gasteiger partial charge on any atom is 0.335 e. The minimum absolute atomic E-state index is 0.193. The van der Waals surface area contributed by atoms with Crippen LogP contribution in [0.4, 0.5) is 0 Å². The van der Waals surface area contributed by atoms with Crippen LogP contribution in [0, 0.1) is 0 Å². The Balaban J connectivity index is 2.35. The summed E-state index contributed by atoms with van der Waals surface area (Å²) in [6.07, 6.45) is 0.616. The van der Waals surface area contributed by atoms with Gasteiger partial charge in [0.25, 0.3) is 0 Å². The number of sulfonamides is 1. The van der Waals surface area contributed by atoms with Crippen molar-refractivity contribution >= 4 is 16.0 Å². The molecule has 0 saturated carbocycles. The maximum atomic E-state index is 12.4. The van der Waals surface area contributed by atoms with Gasteiger partial charge in [-0.05, 0) is 50.5 Å². The van der Waals surface area contributed by atoms with Crippen LogP contribution in [0.1, 0.15) is 42.3 Å². The van der Waals surface area contributed by atoms with E-state index >= 15 is 0 Å². The molecule has 0 bridgehead atoms. The van der Waals surface area contributed by atoms with Crippen molar-refractivity contribution in [2.45, 2.75) is 38.5 Å². The zero-order valence-corrected chi connectivity index (χ0v) is 12.7. The molecule has 2 rings (SSSR count). The fraction of sp³-hybridized carbons (Fsp3) is 0.500. The van der Waals surface area contributed by atoms with Gasteiger partial charge in [-0.15, -0.1) is 0 Å². The van der Waals surface area contributed by atoms with Crippen LogP contribution in [0.25, 0.3) is 0 Å². The highest BCUT2D eigenvalue weighted by atomic mass is 32.2. The second kappa shape index (κ2) is 4.86. The fourth-order valence-corrected chi connectivity index (χ4v) is 3.67. The summed E-state index contributed by atoms with van der Waals surface area (Å²) in [6.45, 7) is 5.71. The number of carbonyl (C=O) groups is 1. The molecule has 0 radical (unpaired) electrons. The van der Waals surface area contributed by atoms with Gasteiger partial charge in [0, 0.05) is 13.1 Å². The number of rotatable bonds is 2. The van der Waals surface area contributed by atoms with Gasteiger partial charge in [-0.2, -0.15) is 4.31 Å². The van der Waals surface area contributed by atoms with Crippen LogP contribution in [-0.2, 0) is 23.0 Å². The van der Waals surface area contributed by atoms with E-state index in [9.17, 15) is 13.2 Å². The van der Waals surface area contributed by atoms with Crippen molar-refractivity contribution < 1.29 is 18.3 Å². The number of fused-ring (bicyclic) bond motifs is 1. The number of carboxylic acids is 1. The smallest absolute Gasteiger partial charge is 0.335 e. The molecule has 6 heteroatoms. The van der Waals surface area contributed by atoms with Crippen molar-refractivity contribution in [1.82, 2.24) is 4.31 Å². The molecule has 0 aromatic heterocycles. The highest BCUT2D eigenvalue weighted by molar-refractivity contribution is 7.90. The lowest BCUT2D eigenvalue weighted by Gasteiger charge is -2.33. The summed E-state index contributed by atoms with van der Waals surface area (Å²) in [5, 5.41) is 9.01. The Labute approximate surface area is 119 Å². The molecule has 1 aliphatic heterocycles. The lowest BCUT2D eigenvalue weighted by atomic mass is 9.99. The number of benzene rings is 1. The first kappa shape index (κ1) is 15.0. The van der Waals surface area contributed by atoms with Gasteiger partial charge >= 0.3 is 5.97 Å². The monoisotopic (exact) mass is 297 g/mol. The molecule has 0 spiro atoms. The third-order valence-electron chi connectivity index (χ3n) is 3.54. The summed E-state index contributed by atoms with van der Waals surface area (Å²) in [5.74, 6) is -0.997. The topological polar surface area (TPSA) is 74.7 Å². The van der Waals surface area contributed by atoms with Crippen LogP contribution in [0.5, 0.6) is 0 Å². The zero-order chi connectivity index (χ0) is 15.1. The van der Waals surface area contributed by atoms with E-state index in [-0.39, 0.29) is 12.1 Å². The summed E-state index contributed by atoms with van der Waals surface area (Å²) in [4.78, 5) is 11.0. The molecule has 1 aromatic rings. The molecule has 5 nitrogen and oxygen atoms in total. The molecule has 0 atom stereocenters. The summed E-state index contributed by atoms with van der Waals surface area (Å²) in [5.41, 5.74) is 2.00. The molecule has 1 aromatic carbocycles. The molecule has 0 amide bonds. The van der Waals surface area contributed by atoms with E-state index in [4.69, 9.17) is 5.11 Å². The molecule has 1 N–H and O–H groups in total. The molecule has 1 aliphatic rings. The Morgan fingerprint density at radius 1 is 1.25 bits per heavy atom. The second-order valence-electron chi connectivity index (χ2n) is 5.99. The van der Waals surface area contributed by atoms with E-state index < -0.39 is 20.7 Å². The Kier molecular flexibility index (Phi) is 3.64. The van der Waals surface area contributed by atoms with Crippen molar-refractivity contribution in [3.8, 4) is 0 Å². The molecule has 1 heterocycles. The van der Waals surface area contributed by atoms with Gasteiger partial charge in [0.1, 0.15) is 0 Å². The quantitative estimate of drug-likeness (QED) is 0.904. The third-order valence-corrected chi connectivity index (χ3v) is 6.08. The van der Waals surface area contributed by atoms with Crippen LogP contribution < -0.4 is 0 Å². The third kappa shape index (κ3) is 2.58. The molecule has 20 heavy (non-hydrogen) atoms. The van der Waals surface area contributed by atoms with Crippen molar-refractivity contribution in [1.29, 1.82) is 0 Å². The van der Waals surface area contributed by atoms with E-state index in [1.807, 2.05) is 0 Å². The number of hydrogen-bond acceptors (Lipinski definition) is 3. The van der Waals surface area contributed by atoms with E-state index in [0.717, 1.165) is 11.1 Å². The minimum atomic E-state index is -3.39. The van der Waals surface area contributed by atoms with Gasteiger partial charge in [-0.3, -0.25) is 0 Å². The maximum absolute atomic E-state index is 12.4. The molecule has 0 saturated heterocycles. The van der Waals surface area contributed by atoms with Crippen LogP contribution >= 0.6 is 0 Å². The summed E-state index contributed by atoms with van der Waals surface area (Å²) >= 11 is 0. The van der Waals surface area contributed by atoms with Gasteiger partial charge in [0.15, 0.2) is 0 Å². The summed E-state index contributed by atoms with van der Waals surface area (Å²) in [7, 11) is -3.39. The van der Waals surface area contributed by atoms with Crippen LogP contribution in [0.2, 0.25) is 0 Å². The molecule has 0 unspecified atom stereocenters. The second-order valence-corrected chi connectivity index (χ2v) is 8.68. The highest BCUT2D eigenvalue weighted by Gasteiger charge is 2.36. The van der Waals surface area contributed by atoms with Gasteiger partial charge < -0.3 is 5.11 Å². The summed E-state index contributed by atoms with van der Waals surface area (Å²) < 4.78 is 25.5. The van der Waals surface area contributed by atoms with E-state index in [1.54, 1.807) is 39.0 Å². The first-order valence-electron chi connectivity index (χ1n) is 6.48. The minimum Gasteiger partial charge on any atom is -0.478 e. The van der Waals surface area contributed by atoms with Crippen molar-refractivity contribution in [3.05, 3.63) is 34.9 Å². The zero-order valence-electron chi connectivity index (χ0n) is 11.9. The van der Waals surface area contributed by atoms with Gasteiger partial charge in [0.05, 0.1) is 10.3 Å². The number of carboxylic acid groups (broad SMARTS) is 1. The van der Waals surface area contributed by atoms with E-state index in [1.165, 1.54) is 4.31 Å². The Morgan fingerprint density at radius 2 is 1.90 bits per heavy atom. The lowest BCUT2D eigenvalue weighted by Crippen LogP contribution is -2.45. The number of aromatic carboxylic acids is 1. The van der Waals surface area contributed by atoms with Gasteiger partial charge in [-0.1, -0.05) is 6.07 Å². The Hall–Kier alpha value is -1.40. The SMILES string of the molecule is CC(C)(C)S(=O)(=O)N1CCc2ccc(C(=O)O)cc2C1. The molecule has 110 valence electrons. The number of hydrogen-bond donors (Lipinski definition) is 1. The largest absolute Gasteiger partial charge is 0.478 e. The normalized spacial score (nSPS) is 16.8. The molecule has 0 aliphatic carbocycles. The predicted molar refractivity (Wildman–Crippen MR) is 76.2 cm³/mol. The van der Waals surface area contributed by atoms with Crippen molar-refractivity contribution in [3.63, 3.8) is 0 Å². The Morgan fingerprint density at radius 3 is 2.45 bits per heavy atom. The molecule has 0 fully saturated rings. The van der Waals surface area contributed by atoms with Crippen LogP contribution in [0.15, 0.2) is 18.2 Å². The first-order valence-corrected chi connectivity index (χ1v) is 7.92. The van der Waals surface area contributed by atoms with Gasteiger partial charge in [0.2, 0.25) is 10.0 Å². The standard InChI is InChI=1S/C14H19NO4S/c1-14(2,3)20(18,19)15-7-6-10-4-5-11(13(16)17)8-12(10)9-15/h4-5,8H,6-7,9H2,1-3H3,(H,16,17). The molecular weight excluding hydrogens is 278 g/mol. The highest BCUT2D eigenvalue weighted by Crippen LogP contribution is 2.27. The predicted octanol–water partition coefficient (Wildman–Crippen LogP) is 1.87. The average molecular weight is 297 g/mol. The first-order chi connectivity index (χ1) is 9.13. The van der Waals surface area contributed by atoms with Crippen LogP contribution in [0.3, 0.4) is 0 Å². The van der Waals surface area contributed by atoms with E-state index in [0.29, 0.717) is 13.0 Å². The van der Waals surface area contributed by atoms with Crippen molar-refractivity contribution in [2.75, 3.05) is 6.54 Å². The average Bonchev–Trinajstić information content (AvgIpc) is 2.35. The lowest BCUT2D eigenvalue weighted by molar-refractivity contribution is 0.0696. The van der Waals surface area contributed by atoms with Gasteiger partial charge in [-0.25, -0.2) is 13.2 Å².